The number of amides is 1. The number of likely N-dealkylation sites (tertiary alicyclic amines) is 1. The van der Waals surface area contributed by atoms with E-state index in [4.69, 9.17) is 0 Å². The average molecular weight is 386 g/mol. The molecule has 1 amide bonds. The van der Waals surface area contributed by atoms with E-state index < -0.39 is 0 Å². The molecule has 3 heterocycles. The molecule has 1 atom stereocenters. The van der Waals surface area contributed by atoms with Crippen molar-refractivity contribution < 1.29 is 4.79 Å². The first-order chi connectivity index (χ1) is 14.3. The minimum absolute atomic E-state index is 0.133. The first-order valence-electron chi connectivity index (χ1n) is 10.4. The van der Waals surface area contributed by atoms with Crippen molar-refractivity contribution in [2.45, 2.75) is 30.7 Å². The van der Waals surface area contributed by atoms with Crippen LogP contribution in [0.1, 0.15) is 41.4 Å². The predicted molar refractivity (Wildman–Crippen MR) is 113 cm³/mol. The fourth-order valence-corrected chi connectivity index (χ4v) is 5.00. The van der Waals surface area contributed by atoms with E-state index in [-0.39, 0.29) is 17.4 Å². The lowest BCUT2D eigenvalue weighted by atomic mass is 9.69. The molecule has 0 saturated carbocycles. The van der Waals surface area contributed by atoms with Gasteiger partial charge in [0.25, 0.3) is 0 Å². The zero-order valence-electron chi connectivity index (χ0n) is 16.5. The highest BCUT2D eigenvalue weighted by Crippen LogP contribution is 2.41. The number of aromatic nitrogens is 2. The van der Waals surface area contributed by atoms with Gasteiger partial charge in [0.1, 0.15) is 6.04 Å². The maximum absolute atomic E-state index is 13.6. The molecule has 3 aromatic rings. The van der Waals surface area contributed by atoms with Crippen LogP contribution in [-0.4, -0.2) is 40.4 Å². The van der Waals surface area contributed by atoms with Crippen LogP contribution < -0.4 is 5.32 Å². The van der Waals surface area contributed by atoms with Crippen molar-refractivity contribution in [1.82, 2.24) is 20.2 Å². The van der Waals surface area contributed by atoms with Gasteiger partial charge in [0.15, 0.2) is 0 Å². The number of rotatable bonds is 3. The standard InChI is InChI=1S/C24H26N4O/c29-23(22-21-20(12-14-25-22)26-17-27-21)28-15-7-13-24(16-28,18-8-3-1-4-9-18)19-10-5-2-6-11-19/h1-6,8-11,17,22,25H,7,12-16H2,(H,26,27)/t22-/m0/s1. The molecule has 2 N–H and O–H groups in total. The molecule has 0 radical (unpaired) electrons. The maximum atomic E-state index is 13.6. The fraction of sp³-hybridized carbons (Fsp3) is 0.333. The smallest absolute Gasteiger partial charge is 0.246 e. The van der Waals surface area contributed by atoms with E-state index in [0.29, 0.717) is 6.54 Å². The molecule has 1 aromatic heterocycles. The molecule has 0 aliphatic carbocycles. The number of nitrogens with zero attached hydrogens (tertiary/aromatic N) is 2. The first-order valence-corrected chi connectivity index (χ1v) is 10.4. The number of H-pyrrole nitrogens is 1. The molecule has 2 aliphatic heterocycles. The van der Waals surface area contributed by atoms with E-state index in [2.05, 4.69) is 75.9 Å². The minimum Gasteiger partial charge on any atom is -0.348 e. The van der Waals surface area contributed by atoms with Gasteiger partial charge in [-0.05, 0) is 24.0 Å². The van der Waals surface area contributed by atoms with Crippen molar-refractivity contribution in [3.05, 3.63) is 89.5 Å². The molecular weight excluding hydrogens is 360 g/mol. The van der Waals surface area contributed by atoms with E-state index in [1.165, 1.54) is 11.1 Å². The highest BCUT2D eigenvalue weighted by Gasteiger charge is 2.42. The molecule has 2 aromatic carbocycles. The number of imidazole rings is 1. The summed E-state index contributed by atoms with van der Waals surface area (Å²) >= 11 is 0. The van der Waals surface area contributed by atoms with E-state index in [1.807, 2.05) is 4.90 Å². The summed E-state index contributed by atoms with van der Waals surface area (Å²) in [5.74, 6) is 0.133. The monoisotopic (exact) mass is 386 g/mol. The molecule has 5 heteroatoms. The Morgan fingerprint density at radius 1 is 1.03 bits per heavy atom. The van der Waals surface area contributed by atoms with Gasteiger partial charge in [-0.2, -0.15) is 0 Å². The van der Waals surface area contributed by atoms with Gasteiger partial charge in [0.2, 0.25) is 5.91 Å². The first kappa shape index (κ1) is 18.1. The Morgan fingerprint density at radius 2 is 1.72 bits per heavy atom. The minimum atomic E-state index is -0.354. The van der Waals surface area contributed by atoms with Crippen molar-refractivity contribution in [1.29, 1.82) is 0 Å². The summed E-state index contributed by atoms with van der Waals surface area (Å²) in [6, 6.07) is 20.9. The van der Waals surface area contributed by atoms with Crippen LogP contribution >= 0.6 is 0 Å². The van der Waals surface area contributed by atoms with Crippen molar-refractivity contribution in [3.63, 3.8) is 0 Å². The molecule has 5 rings (SSSR count). The third-order valence-corrected chi connectivity index (χ3v) is 6.45. The van der Waals surface area contributed by atoms with E-state index >= 15 is 0 Å². The second-order valence-electron chi connectivity index (χ2n) is 8.08. The van der Waals surface area contributed by atoms with Crippen molar-refractivity contribution in [3.8, 4) is 0 Å². The van der Waals surface area contributed by atoms with E-state index in [1.54, 1.807) is 6.33 Å². The molecule has 5 nitrogen and oxygen atoms in total. The number of piperidine rings is 1. The Kier molecular flexibility index (Phi) is 4.68. The maximum Gasteiger partial charge on any atom is 0.246 e. The number of aromatic amines is 1. The molecule has 0 bridgehead atoms. The Bertz CT molecular complexity index is 943. The largest absolute Gasteiger partial charge is 0.348 e. The van der Waals surface area contributed by atoms with Gasteiger partial charge in [-0.3, -0.25) is 4.79 Å². The van der Waals surface area contributed by atoms with Gasteiger partial charge in [-0.15, -0.1) is 0 Å². The Hall–Kier alpha value is -2.92. The quantitative estimate of drug-likeness (QED) is 0.727. The SMILES string of the molecule is O=C([C@H]1NCCc2[nH]cnc21)N1CCCC(c2ccccc2)(c2ccccc2)C1. The molecule has 1 saturated heterocycles. The summed E-state index contributed by atoms with van der Waals surface area (Å²) in [5, 5.41) is 3.39. The topological polar surface area (TPSA) is 61.0 Å². The van der Waals surface area contributed by atoms with Crippen molar-refractivity contribution in [2.75, 3.05) is 19.6 Å². The second-order valence-corrected chi connectivity index (χ2v) is 8.08. The Balaban J connectivity index is 1.50. The third-order valence-electron chi connectivity index (χ3n) is 6.45. The average Bonchev–Trinajstić information content (AvgIpc) is 3.29. The van der Waals surface area contributed by atoms with Gasteiger partial charge in [-0.1, -0.05) is 60.7 Å². The van der Waals surface area contributed by atoms with Gasteiger partial charge in [-0.25, -0.2) is 4.98 Å². The van der Waals surface area contributed by atoms with Gasteiger partial charge in [0, 0.05) is 37.2 Å². The zero-order chi connectivity index (χ0) is 19.7. The summed E-state index contributed by atoms with van der Waals surface area (Å²) in [4.78, 5) is 23.3. The van der Waals surface area contributed by atoms with Crippen LogP contribution in [-0.2, 0) is 16.6 Å². The number of fused-ring (bicyclic) bond motifs is 1. The highest BCUT2D eigenvalue weighted by molar-refractivity contribution is 5.83. The fourth-order valence-electron chi connectivity index (χ4n) is 5.00. The highest BCUT2D eigenvalue weighted by atomic mass is 16.2. The lowest BCUT2D eigenvalue weighted by Gasteiger charge is -2.45. The third kappa shape index (κ3) is 3.15. The predicted octanol–water partition coefficient (Wildman–Crippen LogP) is 3.21. The number of carbonyl (C=O) groups is 1. The molecule has 0 unspecified atom stereocenters. The summed E-state index contributed by atoms with van der Waals surface area (Å²) in [6.45, 7) is 2.28. The Morgan fingerprint density at radius 3 is 2.41 bits per heavy atom. The molecule has 1 fully saturated rings. The van der Waals surface area contributed by atoms with Crippen LogP contribution in [0.25, 0.3) is 0 Å². The van der Waals surface area contributed by atoms with E-state index in [0.717, 1.165) is 43.7 Å². The lowest BCUT2D eigenvalue weighted by molar-refractivity contribution is -0.135. The van der Waals surface area contributed by atoms with Crippen molar-refractivity contribution >= 4 is 5.91 Å². The number of nitrogens with one attached hydrogen (secondary N) is 2. The van der Waals surface area contributed by atoms with Crippen LogP contribution in [0.4, 0.5) is 0 Å². The van der Waals surface area contributed by atoms with Crippen LogP contribution in [0.15, 0.2) is 67.0 Å². The molecule has 29 heavy (non-hydrogen) atoms. The molecular formula is C24H26N4O. The normalized spacial score (nSPS) is 20.8. The molecule has 0 spiro atoms. The number of hydrogen-bond donors (Lipinski definition) is 2. The summed E-state index contributed by atoms with van der Waals surface area (Å²) < 4.78 is 0. The van der Waals surface area contributed by atoms with Crippen LogP contribution in [0.2, 0.25) is 0 Å². The second kappa shape index (κ2) is 7.48. The van der Waals surface area contributed by atoms with Crippen LogP contribution in [0, 0.1) is 0 Å². The summed E-state index contributed by atoms with van der Waals surface area (Å²) in [5.41, 5.74) is 4.31. The molecule has 148 valence electrons. The van der Waals surface area contributed by atoms with Gasteiger partial charge < -0.3 is 15.2 Å². The van der Waals surface area contributed by atoms with Gasteiger partial charge >= 0.3 is 0 Å². The van der Waals surface area contributed by atoms with Crippen LogP contribution in [0.5, 0.6) is 0 Å². The zero-order valence-corrected chi connectivity index (χ0v) is 16.5. The van der Waals surface area contributed by atoms with Gasteiger partial charge in [0.05, 0.1) is 12.0 Å². The number of benzene rings is 2. The Labute approximate surface area is 171 Å². The summed E-state index contributed by atoms with van der Waals surface area (Å²) in [7, 11) is 0. The lowest BCUT2D eigenvalue weighted by Crippen LogP contribution is -2.52. The number of carbonyl (C=O) groups excluding carboxylic acids is 1. The van der Waals surface area contributed by atoms with Crippen LogP contribution in [0.3, 0.4) is 0 Å². The van der Waals surface area contributed by atoms with E-state index in [9.17, 15) is 4.79 Å². The van der Waals surface area contributed by atoms with Crippen molar-refractivity contribution in [2.24, 2.45) is 0 Å². The summed E-state index contributed by atoms with van der Waals surface area (Å²) in [6.07, 6.45) is 4.61. The molecule has 2 aliphatic rings. The number of hydrogen-bond acceptors (Lipinski definition) is 3.